The molecule has 1 fully saturated rings. The number of nitrogens with one attached hydrogen (secondary N) is 2. The van der Waals surface area contributed by atoms with E-state index in [2.05, 4.69) is 47.1 Å². The SMILES string of the molecule is CC(C)(C)OC(=O)N1CCN(Cc2ccc(C(=O)Nc3nonc3/C=N/ONc3ccc(F)c(Br)c3)cc2)CC1. The van der Waals surface area contributed by atoms with Crippen LogP contribution in [0.4, 0.5) is 20.7 Å². The Morgan fingerprint density at radius 3 is 2.52 bits per heavy atom. The molecule has 40 heavy (non-hydrogen) atoms. The van der Waals surface area contributed by atoms with E-state index in [9.17, 15) is 14.0 Å². The van der Waals surface area contributed by atoms with E-state index in [4.69, 9.17) is 14.3 Å². The van der Waals surface area contributed by atoms with Crippen LogP contribution in [-0.4, -0.2) is 70.1 Å². The number of aromatic nitrogens is 2. The number of carbonyl (C=O) groups excluding carboxylic acids is 2. The van der Waals surface area contributed by atoms with Crippen LogP contribution in [0.15, 0.2) is 56.7 Å². The molecule has 0 bridgehead atoms. The van der Waals surface area contributed by atoms with Crippen LogP contribution in [0.5, 0.6) is 0 Å². The lowest BCUT2D eigenvalue weighted by molar-refractivity contribution is 0.0139. The Morgan fingerprint density at radius 1 is 1.12 bits per heavy atom. The number of benzene rings is 2. The molecule has 0 atom stereocenters. The second kappa shape index (κ2) is 12.9. The molecular weight excluding hydrogens is 589 g/mol. The van der Waals surface area contributed by atoms with Crippen LogP contribution in [-0.2, 0) is 16.2 Å². The zero-order valence-corrected chi connectivity index (χ0v) is 23.8. The zero-order valence-electron chi connectivity index (χ0n) is 22.2. The Hall–Kier alpha value is -4.04. The van der Waals surface area contributed by atoms with Crippen LogP contribution in [0, 0.1) is 5.82 Å². The van der Waals surface area contributed by atoms with Crippen LogP contribution in [0.3, 0.4) is 0 Å². The predicted molar refractivity (Wildman–Crippen MR) is 148 cm³/mol. The largest absolute Gasteiger partial charge is 0.444 e. The van der Waals surface area contributed by atoms with E-state index in [1.54, 1.807) is 17.0 Å². The molecule has 0 unspecified atom stereocenters. The second-order valence-corrected chi connectivity index (χ2v) is 10.8. The van der Waals surface area contributed by atoms with Crippen molar-refractivity contribution in [2.24, 2.45) is 5.16 Å². The van der Waals surface area contributed by atoms with E-state index >= 15 is 0 Å². The number of piperazine rings is 1. The zero-order chi connectivity index (χ0) is 28.7. The third-order valence-corrected chi connectivity index (χ3v) is 6.31. The highest BCUT2D eigenvalue weighted by Gasteiger charge is 2.26. The van der Waals surface area contributed by atoms with Crippen LogP contribution < -0.4 is 10.8 Å². The summed E-state index contributed by atoms with van der Waals surface area (Å²) in [4.78, 5) is 33.9. The van der Waals surface area contributed by atoms with Gasteiger partial charge in [0.15, 0.2) is 5.69 Å². The topological polar surface area (TPSA) is 134 Å². The fourth-order valence-corrected chi connectivity index (χ4v) is 4.08. The van der Waals surface area contributed by atoms with Crippen molar-refractivity contribution in [3.05, 3.63) is 69.6 Å². The molecule has 0 spiro atoms. The Morgan fingerprint density at radius 2 is 1.85 bits per heavy atom. The fourth-order valence-electron chi connectivity index (χ4n) is 3.70. The standard InChI is InChI=1S/C26H29BrFN7O5/c1-26(2,3)38-25(37)35-12-10-34(11-13-35)16-17-4-6-18(7-5-17)24(36)30-23-22(32-40-33-23)15-29-39-31-19-8-9-21(28)20(27)14-19/h4-9,14-15,31H,10-13,16H2,1-3H3,(H,30,33,36)/b29-15+. The molecule has 1 saturated heterocycles. The minimum absolute atomic E-state index is 0.0637. The fraction of sp³-hybridized carbons (Fsp3) is 0.346. The summed E-state index contributed by atoms with van der Waals surface area (Å²) in [6.45, 7) is 8.90. The predicted octanol–water partition coefficient (Wildman–Crippen LogP) is 4.65. The molecule has 3 aromatic rings. The quantitative estimate of drug-likeness (QED) is 0.273. The average molecular weight is 618 g/mol. The highest BCUT2D eigenvalue weighted by Crippen LogP contribution is 2.20. The highest BCUT2D eigenvalue weighted by atomic mass is 79.9. The maximum absolute atomic E-state index is 13.3. The summed E-state index contributed by atoms with van der Waals surface area (Å²) in [5.74, 6) is -0.750. The molecule has 1 aliphatic rings. The maximum atomic E-state index is 13.3. The molecule has 0 aliphatic carbocycles. The van der Waals surface area contributed by atoms with E-state index < -0.39 is 17.3 Å². The molecule has 12 nitrogen and oxygen atoms in total. The number of carbonyl (C=O) groups is 2. The highest BCUT2D eigenvalue weighted by molar-refractivity contribution is 9.10. The van der Waals surface area contributed by atoms with Gasteiger partial charge >= 0.3 is 6.09 Å². The molecule has 2 amide bonds. The maximum Gasteiger partial charge on any atom is 0.410 e. The lowest BCUT2D eigenvalue weighted by Gasteiger charge is -2.35. The van der Waals surface area contributed by atoms with Gasteiger partial charge in [0.05, 0.1) is 10.2 Å². The first-order valence-electron chi connectivity index (χ1n) is 12.4. The third-order valence-electron chi connectivity index (χ3n) is 5.70. The Kier molecular flexibility index (Phi) is 9.32. The minimum atomic E-state index is -0.516. The Balaban J connectivity index is 1.24. The Bertz CT molecular complexity index is 1350. The molecular formula is C26H29BrFN7O5. The summed E-state index contributed by atoms with van der Waals surface area (Å²) in [6, 6.07) is 11.4. The Labute approximate surface area is 238 Å². The molecule has 2 N–H and O–H groups in total. The van der Waals surface area contributed by atoms with Crippen LogP contribution in [0.25, 0.3) is 0 Å². The van der Waals surface area contributed by atoms with Crippen molar-refractivity contribution < 1.29 is 28.3 Å². The first kappa shape index (κ1) is 29.0. The summed E-state index contributed by atoms with van der Waals surface area (Å²) in [6.07, 6.45) is 0.908. The van der Waals surface area contributed by atoms with Crippen molar-refractivity contribution in [3.8, 4) is 0 Å². The van der Waals surface area contributed by atoms with Gasteiger partial charge in [-0.1, -0.05) is 17.3 Å². The third kappa shape index (κ3) is 8.23. The van der Waals surface area contributed by atoms with Gasteiger partial charge < -0.3 is 15.0 Å². The van der Waals surface area contributed by atoms with Gasteiger partial charge in [0.1, 0.15) is 17.6 Å². The summed E-state index contributed by atoms with van der Waals surface area (Å²) in [7, 11) is 0. The minimum Gasteiger partial charge on any atom is -0.444 e. The monoisotopic (exact) mass is 617 g/mol. The van der Waals surface area contributed by atoms with Crippen molar-refractivity contribution in [3.63, 3.8) is 0 Å². The van der Waals surface area contributed by atoms with Crippen molar-refractivity contribution in [1.82, 2.24) is 20.1 Å². The van der Waals surface area contributed by atoms with Crippen molar-refractivity contribution in [2.75, 3.05) is 37.0 Å². The van der Waals surface area contributed by atoms with Crippen molar-refractivity contribution in [1.29, 1.82) is 0 Å². The smallest absolute Gasteiger partial charge is 0.410 e. The molecule has 1 aromatic heterocycles. The molecule has 14 heteroatoms. The average Bonchev–Trinajstić information content (AvgIpc) is 3.35. The van der Waals surface area contributed by atoms with Crippen molar-refractivity contribution in [2.45, 2.75) is 32.9 Å². The van der Waals surface area contributed by atoms with Crippen LogP contribution >= 0.6 is 15.9 Å². The summed E-state index contributed by atoms with van der Waals surface area (Å²) < 4.78 is 23.7. The molecule has 4 rings (SSSR count). The number of nitrogens with zero attached hydrogens (tertiary/aromatic N) is 5. The van der Waals surface area contributed by atoms with E-state index in [-0.39, 0.29) is 22.1 Å². The molecule has 2 heterocycles. The number of anilines is 2. The first-order valence-corrected chi connectivity index (χ1v) is 13.2. The van der Waals surface area contributed by atoms with Gasteiger partial charge in [0.2, 0.25) is 5.82 Å². The van der Waals surface area contributed by atoms with Gasteiger partial charge in [-0.2, -0.15) is 5.48 Å². The summed E-state index contributed by atoms with van der Waals surface area (Å²) in [5.41, 5.74) is 4.06. The number of hydrogen-bond donors (Lipinski definition) is 2. The molecule has 0 radical (unpaired) electrons. The van der Waals surface area contributed by atoms with Gasteiger partial charge in [-0.05, 0) is 82.9 Å². The molecule has 0 saturated carbocycles. The number of hydrogen-bond acceptors (Lipinski definition) is 10. The number of oxime groups is 1. The molecule has 212 valence electrons. The van der Waals surface area contributed by atoms with E-state index in [0.717, 1.165) is 18.7 Å². The molecule has 2 aromatic carbocycles. The van der Waals surface area contributed by atoms with Gasteiger partial charge in [-0.15, -0.1) is 0 Å². The number of halogens is 2. The van der Waals surface area contributed by atoms with Crippen LogP contribution in [0.1, 0.15) is 42.4 Å². The molecule has 1 aliphatic heterocycles. The van der Waals surface area contributed by atoms with Gasteiger partial charge in [-0.25, -0.2) is 13.8 Å². The van der Waals surface area contributed by atoms with Gasteiger partial charge in [0.25, 0.3) is 5.91 Å². The summed E-state index contributed by atoms with van der Waals surface area (Å²) in [5, 5.41) is 13.7. The van der Waals surface area contributed by atoms with Crippen LogP contribution in [0.2, 0.25) is 0 Å². The number of amides is 2. The second-order valence-electron chi connectivity index (χ2n) is 9.95. The van der Waals surface area contributed by atoms with E-state index in [1.807, 2.05) is 32.9 Å². The van der Waals surface area contributed by atoms with Crippen molar-refractivity contribution >= 4 is 45.7 Å². The lowest BCUT2D eigenvalue weighted by Crippen LogP contribution is -2.49. The normalized spacial score (nSPS) is 14.3. The number of rotatable bonds is 8. The number of ether oxygens (including phenoxy) is 1. The summed E-state index contributed by atoms with van der Waals surface area (Å²) >= 11 is 3.08. The first-order chi connectivity index (χ1) is 19.1. The van der Waals surface area contributed by atoms with Gasteiger partial charge in [0, 0.05) is 38.3 Å². The lowest BCUT2D eigenvalue weighted by atomic mass is 10.1. The van der Waals surface area contributed by atoms with E-state index in [1.165, 1.54) is 24.4 Å². The van der Waals surface area contributed by atoms with E-state index in [0.29, 0.717) is 30.9 Å². The van der Waals surface area contributed by atoms with Gasteiger partial charge in [-0.3, -0.25) is 14.6 Å².